The Balaban J connectivity index is 1.77. The minimum Gasteiger partial charge on any atom is -0.423 e. The van der Waals surface area contributed by atoms with Crippen LogP contribution in [0.3, 0.4) is 0 Å². The van der Waals surface area contributed by atoms with E-state index in [-0.39, 0.29) is 10.4 Å². The molecular formula is C14H17N3O3S. The first-order valence-electron chi connectivity index (χ1n) is 6.96. The zero-order valence-corrected chi connectivity index (χ0v) is 12.6. The first-order valence-corrected chi connectivity index (χ1v) is 8.18. The summed E-state index contributed by atoms with van der Waals surface area (Å²) in [5, 5.41) is 14.0. The van der Waals surface area contributed by atoms with E-state index in [0.29, 0.717) is 17.1 Å². The molecule has 0 spiro atoms. The lowest BCUT2D eigenvalue weighted by Crippen LogP contribution is -2.30. The highest BCUT2D eigenvalue weighted by Crippen LogP contribution is 2.40. The van der Waals surface area contributed by atoms with E-state index in [1.807, 2.05) is 11.8 Å². The average molecular weight is 307 g/mol. The van der Waals surface area contributed by atoms with E-state index in [2.05, 4.69) is 16.6 Å². The van der Waals surface area contributed by atoms with Gasteiger partial charge in [0.25, 0.3) is 11.7 Å². The van der Waals surface area contributed by atoms with E-state index in [1.54, 1.807) is 6.07 Å². The molecule has 21 heavy (non-hydrogen) atoms. The van der Waals surface area contributed by atoms with Crippen molar-refractivity contribution >= 4 is 34.6 Å². The van der Waals surface area contributed by atoms with Crippen LogP contribution in [-0.4, -0.2) is 27.5 Å². The predicted molar refractivity (Wildman–Crippen MR) is 83.9 cm³/mol. The topological polar surface area (TPSA) is 81.2 Å². The molecule has 1 aromatic heterocycles. The van der Waals surface area contributed by atoms with Crippen molar-refractivity contribution in [1.29, 1.82) is 0 Å². The summed E-state index contributed by atoms with van der Waals surface area (Å²) in [5.74, 6) is 0. The maximum Gasteiger partial charge on any atom is 0.295 e. The average Bonchev–Trinajstić information content (AvgIpc) is 3.11. The molecule has 0 amide bonds. The molecule has 1 aliphatic carbocycles. The Morgan fingerprint density at radius 2 is 2.24 bits per heavy atom. The molecule has 7 heteroatoms. The van der Waals surface area contributed by atoms with Gasteiger partial charge in [0.2, 0.25) is 0 Å². The third-order valence-electron chi connectivity index (χ3n) is 4.09. The molecule has 3 rings (SSSR count). The van der Waals surface area contributed by atoms with Gasteiger partial charge in [0.05, 0.1) is 11.0 Å². The third kappa shape index (κ3) is 2.83. The zero-order chi connectivity index (χ0) is 14.9. The van der Waals surface area contributed by atoms with Crippen molar-refractivity contribution in [3.63, 3.8) is 0 Å². The first-order chi connectivity index (χ1) is 10.1. The second-order valence-corrected chi connectivity index (χ2v) is 6.65. The smallest absolute Gasteiger partial charge is 0.295 e. The number of oxazole rings is 1. The van der Waals surface area contributed by atoms with Gasteiger partial charge < -0.3 is 9.73 Å². The quantitative estimate of drug-likeness (QED) is 0.668. The maximum absolute atomic E-state index is 10.8. The van der Waals surface area contributed by atoms with Crippen molar-refractivity contribution < 1.29 is 9.34 Å². The number of nitrogens with zero attached hydrogens (tertiary/aromatic N) is 2. The van der Waals surface area contributed by atoms with Gasteiger partial charge in [-0.1, -0.05) is 12.8 Å². The minimum absolute atomic E-state index is 0.0153. The summed E-state index contributed by atoms with van der Waals surface area (Å²) < 4.78 is 5.83. The number of thioether (sulfide) groups is 1. The van der Waals surface area contributed by atoms with Gasteiger partial charge in [0, 0.05) is 17.4 Å². The first kappa shape index (κ1) is 14.2. The molecular weight excluding hydrogens is 290 g/mol. The molecule has 112 valence electrons. The van der Waals surface area contributed by atoms with E-state index >= 15 is 0 Å². The summed E-state index contributed by atoms with van der Waals surface area (Å²) in [6.45, 7) is 0.809. The number of benzene rings is 1. The lowest BCUT2D eigenvalue weighted by Gasteiger charge is -2.26. The van der Waals surface area contributed by atoms with Gasteiger partial charge in [0.1, 0.15) is 5.52 Å². The van der Waals surface area contributed by atoms with Gasteiger partial charge in [0.15, 0.2) is 5.58 Å². The van der Waals surface area contributed by atoms with E-state index in [1.165, 1.54) is 37.8 Å². The summed E-state index contributed by atoms with van der Waals surface area (Å²) in [5.41, 5.74) is 1.09. The number of hydrogen-bond donors (Lipinski definition) is 1. The molecule has 0 aliphatic heterocycles. The number of non-ortho nitro benzene ring substituents is 1. The number of hydrogen-bond acceptors (Lipinski definition) is 6. The van der Waals surface area contributed by atoms with Gasteiger partial charge >= 0.3 is 0 Å². The zero-order valence-electron chi connectivity index (χ0n) is 11.8. The Hall–Kier alpha value is -1.76. The molecule has 1 saturated carbocycles. The van der Waals surface area contributed by atoms with Gasteiger partial charge in [-0.2, -0.15) is 16.7 Å². The normalized spacial score (nSPS) is 17.2. The lowest BCUT2D eigenvalue weighted by atomic mass is 10.1. The van der Waals surface area contributed by atoms with Crippen LogP contribution in [0.5, 0.6) is 0 Å². The summed E-state index contributed by atoms with van der Waals surface area (Å²) in [4.78, 5) is 14.7. The molecule has 0 atom stereocenters. The molecule has 0 bridgehead atoms. The SMILES string of the molecule is CSC1(CNc2nc3ccc([N+](=O)[O-])cc3o2)CCCC1. The van der Waals surface area contributed by atoms with Crippen molar-refractivity contribution in [2.45, 2.75) is 30.4 Å². The van der Waals surface area contributed by atoms with Gasteiger partial charge in [-0.3, -0.25) is 10.1 Å². The molecule has 1 fully saturated rings. The fourth-order valence-electron chi connectivity index (χ4n) is 2.81. The van der Waals surface area contributed by atoms with Crippen LogP contribution in [0.25, 0.3) is 11.1 Å². The highest BCUT2D eigenvalue weighted by molar-refractivity contribution is 8.00. The van der Waals surface area contributed by atoms with Crippen LogP contribution in [0.2, 0.25) is 0 Å². The van der Waals surface area contributed by atoms with Gasteiger partial charge in [-0.25, -0.2) is 0 Å². The van der Waals surface area contributed by atoms with Crippen LogP contribution >= 0.6 is 11.8 Å². The summed E-state index contributed by atoms with van der Waals surface area (Å²) in [7, 11) is 0. The number of nitro benzene ring substituents is 1. The van der Waals surface area contributed by atoms with Crippen LogP contribution in [0.4, 0.5) is 11.7 Å². The molecule has 0 radical (unpaired) electrons. The van der Waals surface area contributed by atoms with Crippen LogP contribution < -0.4 is 5.32 Å². The monoisotopic (exact) mass is 307 g/mol. The van der Waals surface area contributed by atoms with Crippen molar-refractivity contribution in [3.05, 3.63) is 28.3 Å². The number of anilines is 1. The highest BCUT2D eigenvalue weighted by Gasteiger charge is 2.33. The number of aromatic nitrogens is 1. The van der Waals surface area contributed by atoms with E-state index in [4.69, 9.17) is 4.42 Å². The Morgan fingerprint density at radius 1 is 1.48 bits per heavy atom. The van der Waals surface area contributed by atoms with Crippen molar-refractivity contribution in [2.75, 3.05) is 18.1 Å². The fraction of sp³-hybridized carbons (Fsp3) is 0.500. The number of nitrogens with one attached hydrogen (secondary N) is 1. The van der Waals surface area contributed by atoms with Gasteiger partial charge in [-0.15, -0.1) is 0 Å². The number of nitro groups is 1. The molecule has 1 aliphatic rings. The summed E-state index contributed by atoms with van der Waals surface area (Å²) in [6, 6.07) is 4.90. The minimum atomic E-state index is -0.434. The molecule has 6 nitrogen and oxygen atoms in total. The standard InChI is InChI=1S/C14H17N3O3S/c1-21-14(6-2-3-7-14)9-15-13-16-11-5-4-10(17(18)19)8-12(11)20-13/h4-5,8H,2-3,6-7,9H2,1H3,(H,15,16). The molecule has 1 aromatic carbocycles. The summed E-state index contributed by atoms with van der Waals surface area (Å²) in [6.07, 6.45) is 7.08. The third-order valence-corrected chi connectivity index (χ3v) is 5.51. The molecule has 0 unspecified atom stereocenters. The predicted octanol–water partition coefficient (Wildman–Crippen LogP) is 3.82. The number of rotatable bonds is 5. The Morgan fingerprint density at radius 3 is 2.90 bits per heavy atom. The van der Waals surface area contributed by atoms with Crippen LogP contribution in [0.1, 0.15) is 25.7 Å². The molecule has 0 saturated heterocycles. The Kier molecular flexibility index (Phi) is 3.75. The van der Waals surface area contributed by atoms with Crippen molar-refractivity contribution in [1.82, 2.24) is 4.98 Å². The number of fused-ring (bicyclic) bond motifs is 1. The Bertz CT molecular complexity index is 665. The lowest BCUT2D eigenvalue weighted by molar-refractivity contribution is -0.384. The molecule has 2 aromatic rings. The van der Waals surface area contributed by atoms with Crippen LogP contribution in [0, 0.1) is 10.1 Å². The van der Waals surface area contributed by atoms with Crippen molar-refractivity contribution in [3.8, 4) is 0 Å². The van der Waals surface area contributed by atoms with Crippen LogP contribution in [0.15, 0.2) is 22.6 Å². The molecule has 1 heterocycles. The second kappa shape index (κ2) is 5.55. The van der Waals surface area contributed by atoms with Crippen molar-refractivity contribution in [2.24, 2.45) is 0 Å². The highest BCUT2D eigenvalue weighted by atomic mass is 32.2. The molecule has 1 N–H and O–H groups in total. The van der Waals surface area contributed by atoms with E-state index in [0.717, 1.165) is 6.54 Å². The largest absolute Gasteiger partial charge is 0.423 e. The summed E-state index contributed by atoms with van der Waals surface area (Å²) >= 11 is 1.89. The van der Waals surface area contributed by atoms with Crippen LogP contribution in [-0.2, 0) is 0 Å². The van der Waals surface area contributed by atoms with Gasteiger partial charge in [-0.05, 0) is 25.2 Å². The van der Waals surface area contributed by atoms with E-state index < -0.39 is 4.92 Å². The second-order valence-electron chi connectivity index (χ2n) is 5.38. The fourth-order valence-corrected chi connectivity index (χ4v) is 3.73. The maximum atomic E-state index is 10.8. The Labute approximate surface area is 126 Å². The van der Waals surface area contributed by atoms with E-state index in [9.17, 15) is 10.1 Å².